The molecule has 0 aromatic carbocycles. The van der Waals surface area contributed by atoms with Crippen molar-refractivity contribution in [3.05, 3.63) is 23.3 Å². The van der Waals surface area contributed by atoms with Crippen LogP contribution in [0.3, 0.4) is 0 Å². The van der Waals surface area contributed by atoms with Gasteiger partial charge in [0.05, 0.1) is 11.5 Å². The van der Waals surface area contributed by atoms with Gasteiger partial charge < -0.3 is 10.2 Å². The average molecular weight is 224 g/mol. The van der Waals surface area contributed by atoms with E-state index in [1.807, 2.05) is 0 Å². The molecule has 0 spiro atoms. The highest BCUT2D eigenvalue weighted by molar-refractivity contribution is 5.94. The van der Waals surface area contributed by atoms with Crippen LogP contribution in [-0.2, 0) is 9.59 Å². The van der Waals surface area contributed by atoms with Crippen LogP contribution < -0.4 is 0 Å². The van der Waals surface area contributed by atoms with E-state index in [2.05, 4.69) is 6.92 Å². The second-order valence-electron chi connectivity index (χ2n) is 3.95. The van der Waals surface area contributed by atoms with Crippen LogP contribution >= 0.6 is 0 Å². The molecule has 16 heavy (non-hydrogen) atoms. The van der Waals surface area contributed by atoms with E-state index in [1.54, 1.807) is 6.08 Å². The summed E-state index contributed by atoms with van der Waals surface area (Å²) in [4.78, 5) is 21.8. The summed E-state index contributed by atoms with van der Waals surface area (Å²) in [5.74, 6) is -3.09. The van der Waals surface area contributed by atoms with Gasteiger partial charge in [-0.05, 0) is 19.3 Å². The molecule has 1 rings (SSSR count). The maximum absolute atomic E-state index is 11.0. The van der Waals surface area contributed by atoms with E-state index >= 15 is 0 Å². The van der Waals surface area contributed by atoms with E-state index in [9.17, 15) is 9.59 Å². The first-order chi connectivity index (χ1) is 7.56. The Morgan fingerprint density at radius 1 is 1.38 bits per heavy atom. The molecule has 88 valence electrons. The molecule has 0 radical (unpaired) electrons. The number of rotatable bonds is 5. The Balaban J connectivity index is 2.82. The van der Waals surface area contributed by atoms with Gasteiger partial charge in [-0.2, -0.15) is 0 Å². The van der Waals surface area contributed by atoms with Gasteiger partial charge in [0.15, 0.2) is 0 Å². The number of carboxylic acid groups (broad SMARTS) is 2. The lowest BCUT2D eigenvalue weighted by atomic mass is 9.85. The molecule has 1 unspecified atom stereocenters. The van der Waals surface area contributed by atoms with Crippen molar-refractivity contribution >= 4 is 11.9 Å². The minimum atomic E-state index is -1.14. The molecule has 0 bridgehead atoms. The predicted octanol–water partition coefficient (Wildman–Crippen LogP) is 2.22. The molecule has 0 saturated carbocycles. The Morgan fingerprint density at radius 3 is 2.56 bits per heavy atom. The number of allylic oxidation sites excluding steroid dienone is 3. The SMILES string of the molecule is CCCCC1=CC=C(C(=O)O)C(C(=O)O)C1. The van der Waals surface area contributed by atoms with Crippen molar-refractivity contribution in [1.82, 2.24) is 0 Å². The Morgan fingerprint density at radius 2 is 2.06 bits per heavy atom. The van der Waals surface area contributed by atoms with Crippen LogP contribution in [0.4, 0.5) is 0 Å². The quantitative estimate of drug-likeness (QED) is 0.750. The van der Waals surface area contributed by atoms with Gasteiger partial charge in [0.2, 0.25) is 0 Å². The minimum absolute atomic E-state index is 0.0206. The molecule has 0 heterocycles. The lowest BCUT2D eigenvalue weighted by Crippen LogP contribution is -2.23. The number of carboxylic acids is 2. The highest BCUT2D eigenvalue weighted by atomic mass is 16.4. The lowest BCUT2D eigenvalue weighted by Gasteiger charge is -2.19. The molecule has 4 nitrogen and oxygen atoms in total. The number of aliphatic carboxylic acids is 2. The summed E-state index contributed by atoms with van der Waals surface area (Å²) in [6.07, 6.45) is 6.41. The molecule has 1 aliphatic rings. The zero-order chi connectivity index (χ0) is 12.1. The second-order valence-corrected chi connectivity index (χ2v) is 3.95. The summed E-state index contributed by atoms with van der Waals surface area (Å²) in [5, 5.41) is 17.8. The second kappa shape index (κ2) is 5.49. The van der Waals surface area contributed by atoms with Crippen molar-refractivity contribution in [2.75, 3.05) is 0 Å². The highest BCUT2D eigenvalue weighted by Crippen LogP contribution is 2.28. The molecule has 1 atom stereocenters. The summed E-state index contributed by atoms with van der Waals surface area (Å²) in [6.45, 7) is 2.07. The molecule has 2 N–H and O–H groups in total. The van der Waals surface area contributed by atoms with E-state index in [0.29, 0.717) is 6.42 Å². The van der Waals surface area contributed by atoms with E-state index in [0.717, 1.165) is 24.8 Å². The number of carbonyl (C=O) groups is 2. The van der Waals surface area contributed by atoms with Crippen molar-refractivity contribution < 1.29 is 19.8 Å². The van der Waals surface area contributed by atoms with Crippen LogP contribution in [0.2, 0.25) is 0 Å². The maximum Gasteiger partial charge on any atom is 0.332 e. The fourth-order valence-electron chi connectivity index (χ4n) is 1.79. The van der Waals surface area contributed by atoms with Crippen molar-refractivity contribution in [1.29, 1.82) is 0 Å². The van der Waals surface area contributed by atoms with E-state index in [1.165, 1.54) is 6.08 Å². The third kappa shape index (κ3) is 2.95. The van der Waals surface area contributed by atoms with Crippen molar-refractivity contribution in [2.24, 2.45) is 5.92 Å². The average Bonchev–Trinajstić information content (AvgIpc) is 2.25. The number of unbranched alkanes of at least 4 members (excludes halogenated alkanes) is 1. The standard InChI is InChI=1S/C12H16O4/c1-2-3-4-8-5-6-9(11(13)14)10(7-8)12(15)16/h5-6,10H,2-4,7H2,1H3,(H,13,14)(H,15,16). The molecule has 1 aliphatic carbocycles. The van der Waals surface area contributed by atoms with Crippen molar-refractivity contribution in [3.8, 4) is 0 Å². The van der Waals surface area contributed by atoms with Crippen molar-refractivity contribution in [2.45, 2.75) is 32.6 Å². The Kier molecular flexibility index (Phi) is 4.28. The molecular weight excluding hydrogens is 208 g/mol. The minimum Gasteiger partial charge on any atom is -0.481 e. The first kappa shape index (κ1) is 12.5. The van der Waals surface area contributed by atoms with Crippen LogP contribution in [0.15, 0.2) is 23.3 Å². The first-order valence-corrected chi connectivity index (χ1v) is 5.42. The van der Waals surface area contributed by atoms with E-state index in [-0.39, 0.29) is 5.57 Å². The monoisotopic (exact) mass is 224 g/mol. The van der Waals surface area contributed by atoms with Gasteiger partial charge in [-0.3, -0.25) is 4.79 Å². The Bertz CT molecular complexity index is 352. The molecule has 0 aliphatic heterocycles. The largest absolute Gasteiger partial charge is 0.481 e. The molecule has 0 saturated heterocycles. The normalized spacial score (nSPS) is 19.9. The van der Waals surface area contributed by atoms with Crippen LogP contribution in [0.5, 0.6) is 0 Å². The van der Waals surface area contributed by atoms with Crippen LogP contribution in [0.1, 0.15) is 32.6 Å². The highest BCUT2D eigenvalue weighted by Gasteiger charge is 2.29. The van der Waals surface area contributed by atoms with Gasteiger partial charge in [-0.1, -0.05) is 31.1 Å². The van der Waals surface area contributed by atoms with Gasteiger partial charge in [0.1, 0.15) is 0 Å². The van der Waals surface area contributed by atoms with Gasteiger partial charge in [-0.25, -0.2) is 4.79 Å². The summed E-state index contributed by atoms with van der Waals surface area (Å²) in [6, 6.07) is 0. The van der Waals surface area contributed by atoms with Crippen LogP contribution in [-0.4, -0.2) is 22.2 Å². The molecule has 0 aromatic heterocycles. The Labute approximate surface area is 94.3 Å². The van der Waals surface area contributed by atoms with Gasteiger partial charge in [0.25, 0.3) is 0 Å². The zero-order valence-corrected chi connectivity index (χ0v) is 9.27. The summed E-state index contributed by atoms with van der Waals surface area (Å²) >= 11 is 0. The Hall–Kier alpha value is -1.58. The predicted molar refractivity (Wildman–Crippen MR) is 59.1 cm³/mol. The fraction of sp³-hybridized carbons (Fsp3) is 0.500. The van der Waals surface area contributed by atoms with E-state index in [4.69, 9.17) is 10.2 Å². The fourth-order valence-corrected chi connectivity index (χ4v) is 1.79. The van der Waals surface area contributed by atoms with Crippen molar-refractivity contribution in [3.63, 3.8) is 0 Å². The molecule has 4 heteroatoms. The van der Waals surface area contributed by atoms with E-state index < -0.39 is 17.9 Å². The topological polar surface area (TPSA) is 74.6 Å². The summed E-state index contributed by atoms with van der Waals surface area (Å²) in [5.41, 5.74) is 1.01. The van der Waals surface area contributed by atoms with Gasteiger partial charge >= 0.3 is 11.9 Å². The first-order valence-electron chi connectivity index (χ1n) is 5.42. The third-order valence-electron chi connectivity index (χ3n) is 2.74. The molecule has 0 aromatic rings. The molecular formula is C12H16O4. The number of hydrogen-bond acceptors (Lipinski definition) is 2. The maximum atomic E-state index is 11.0. The van der Waals surface area contributed by atoms with Gasteiger partial charge in [0, 0.05) is 0 Å². The lowest BCUT2D eigenvalue weighted by molar-refractivity contribution is -0.143. The number of hydrogen-bond donors (Lipinski definition) is 2. The molecule has 0 amide bonds. The van der Waals surface area contributed by atoms with Gasteiger partial charge in [-0.15, -0.1) is 0 Å². The summed E-state index contributed by atoms with van der Waals surface area (Å²) in [7, 11) is 0. The van der Waals surface area contributed by atoms with Crippen LogP contribution in [0, 0.1) is 5.92 Å². The van der Waals surface area contributed by atoms with Crippen LogP contribution in [0.25, 0.3) is 0 Å². The zero-order valence-electron chi connectivity index (χ0n) is 9.27. The summed E-state index contributed by atoms with van der Waals surface area (Å²) < 4.78 is 0. The smallest absolute Gasteiger partial charge is 0.332 e. The third-order valence-corrected chi connectivity index (χ3v) is 2.74. The molecule has 0 fully saturated rings.